The van der Waals surface area contributed by atoms with Gasteiger partial charge in [0.2, 0.25) is 0 Å². The first-order valence-electron chi connectivity index (χ1n) is 6.81. The van der Waals surface area contributed by atoms with Crippen LogP contribution in [0.4, 0.5) is 0 Å². The van der Waals surface area contributed by atoms with Crippen LogP contribution in [-0.4, -0.2) is 27.5 Å². The summed E-state index contributed by atoms with van der Waals surface area (Å²) in [5.74, 6) is 2.15. The molecule has 0 aliphatic carbocycles. The highest BCUT2D eigenvalue weighted by atomic mass is 32.2. The molecular formula is C15H15N3O2S2. The van der Waals surface area contributed by atoms with Crippen molar-refractivity contribution in [1.82, 2.24) is 15.2 Å². The Kier molecular flexibility index (Phi) is 4.74. The summed E-state index contributed by atoms with van der Waals surface area (Å²) in [4.78, 5) is 5.31. The Morgan fingerprint density at radius 2 is 2.00 bits per heavy atom. The van der Waals surface area contributed by atoms with Crippen molar-refractivity contribution < 1.29 is 9.15 Å². The van der Waals surface area contributed by atoms with Gasteiger partial charge in [-0.25, -0.2) is 4.98 Å². The second kappa shape index (κ2) is 6.93. The van der Waals surface area contributed by atoms with Crippen LogP contribution < -0.4 is 4.74 Å². The Balaban J connectivity index is 1.53. The summed E-state index contributed by atoms with van der Waals surface area (Å²) in [5, 5.41) is 9.70. The van der Waals surface area contributed by atoms with Gasteiger partial charge in [0.15, 0.2) is 0 Å². The van der Waals surface area contributed by atoms with Crippen molar-refractivity contribution in [2.75, 3.05) is 12.4 Å². The fraction of sp³-hybridized carbons (Fsp3) is 0.267. The van der Waals surface area contributed by atoms with Crippen molar-refractivity contribution in [1.29, 1.82) is 0 Å². The smallest absolute Gasteiger partial charge is 0.277 e. The minimum atomic E-state index is 0.537. The molecule has 5 nitrogen and oxygen atoms in total. The van der Waals surface area contributed by atoms with E-state index in [1.54, 1.807) is 11.3 Å². The van der Waals surface area contributed by atoms with Crippen molar-refractivity contribution in [3.63, 3.8) is 0 Å². The van der Waals surface area contributed by atoms with Gasteiger partial charge in [0.1, 0.15) is 10.6 Å². The minimum Gasteiger partial charge on any atom is -0.493 e. The standard InChI is InChI=1S/C15H15N3O2S2/c1-10-13(22-11(2)16-10)14-17-18-15(20-14)21-9-8-19-12-6-4-3-5-7-12/h3-7H,8-9H2,1-2H3. The first-order chi connectivity index (χ1) is 10.7. The molecule has 7 heteroatoms. The van der Waals surface area contributed by atoms with Crippen LogP contribution in [0.25, 0.3) is 10.8 Å². The van der Waals surface area contributed by atoms with Gasteiger partial charge in [-0.3, -0.25) is 0 Å². The number of benzene rings is 1. The maximum Gasteiger partial charge on any atom is 0.277 e. The summed E-state index contributed by atoms with van der Waals surface area (Å²) < 4.78 is 11.3. The van der Waals surface area contributed by atoms with Crippen LogP contribution in [0, 0.1) is 13.8 Å². The van der Waals surface area contributed by atoms with Gasteiger partial charge in [0.05, 0.1) is 17.3 Å². The van der Waals surface area contributed by atoms with E-state index in [1.165, 1.54) is 11.8 Å². The lowest BCUT2D eigenvalue weighted by atomic mass is 10.3. The molecule has 1 aromatic carbocycles. The van der Waals surface area contributed by atoms with Crippen molar-refractivity contribution >= 4 is 23.1 Å². The number of para-hydroxylation sites is 1. The molecule has 2 heterocycles. The van der Waals surface area contributed by atoms with Gasteiger partial charge in [-0.2, -0.15) is 0 Å². The minimum absolute atomic E-state index is 0.537. The van der Waals surface area contributed by atoms with E-state index in [-0.39, 0.29) is 0 Å². The van der Waals surface area contributed by atoms with E-state index in [4.69, 9.17) is 9.15 Å². The van der Waals surface area contributed by atoms with Crippen molar-refractivity contribution in [3.05, 3.63) is 41.0 Å². The molecular weight excluding hydrogens is 318 g/mol. The summed E-state index contributed by atoms with van der Waals surface area (Å²) in [5.41, 5.74) is 0.926. The van der Waals surface area contributed by atoms with Crippen molar-refractivity contribution in [2.45, 2.75) is 19.1 Å². The molecule has 3 rings (SSSR count). The quantitative estimate of drug-likeness (QED) is 0.502. The van der Waals surface area contributed by atoms with Crippen LogP contribution in [0.15, 0.2) is 40.0 Å². The predicted molar refractivity (Wildman–Crippen MR) is 87.5 cm³/mol. The fourth-order valence-corrected chi connectivity index (χ4v) is 3.31. The average Bonchev–Trinajstić information content (AvgIpc) is 3.11. The summed E-state index contributed by atoms with van der Waals surface area (Å²) in [6, 6.07) is 9.73. The zero-order chi connectivity index (χ0) is 15.4. The number of thioether (sulfide) groups is 1. The SMILES string of the molecule is Cc1nc(C)c(-c2nnc(SCCOc3ccccc3)o2)s1. The van der Waals surface area contributed by atoms with Gasteiger partial charge in [0.25, 0.3) is 11.1 Å². The zero-order valence-corrected chi connectivity index (χ0v) is 13.9. The summed E-state index contributed by atoms with van der Waals surface area (Å²) in [6.45, 7) is 4.50. The van der Waals surface area contributed by atoms with Gasteiger partial charge < -0.3 is 9.15 Å². The van der Waals surface area contributed by atoms with E-state index in [0.717, 1.165) is 27.1 Å². The number of ether oxygens (including phenoxy) is 1. The second-order valence-corrected chi connectivity index (χ2v) is 6.78. The topological polar surface area (TPSA) is 61.0 Å². The number of thiazole rings is 1. The van der Waals surface area contributed by atoms with E-state index in [9.17, 15) is 0 Å². The van der Waals surface area contributed by atoms with E-state index < -0.39 is 0 Å². The Bertz CT molecular complexity index is 740. The van der Waals surface area contributed by atoms with Gasteiger partial charge in [-0.05, 0) is 26.0 Å². The molecule has 0 fully saturated rings. The molecule has 0 aliphatic heterocycles. The molecule has 2 aromatic heterocycles. The molecule has 114 valence electrons. The molecule has 0 N–H and O–H groups in total. The summed E-state index contributed by atoms with van der Waals surface area (Å²) >= 11 is 3.05. The van der Waals surface area contributed by atoms with Gasteiger partial charge in [-0.1, -0.05) is 30.0 Å². The molecule has 0 saturated carbocycles. The number of nitrogens with zero attached hydrogens (tertiary/aromatic N) is 3. The molecule has 0 saturated heterocycles. The van der Waals surface area contributed by atoms with Crippen LogP contribution in [-0.2, 0) is 0 Å². The Morgan fingerprint density at radius 1 is 1.18 bits per heavy atom. The third kappa shape index (κ3) is 3.66. The summed E-state index contributed by atoms with van der Waals surface area (Å²) in [6.07, 6.45) is 0. The lowest BCUT2D eigenvalue weighted by molar-refractivity contribution is 0.343. The Labute approximate surface area is 136 Å². The van der Waals surface area contributed by atoms with Crippen LogP contribution in [0.5, 0.6) is 5.75 Å². The Morgan fingerprint density at radius 3 is 2.73 bits per heavy atom. The lowest BCUT2D eigenvalue weighted by Crippen LogP contribution is -1.99. The first kappa shape index (κ1) is 15.1. The van der Waals surface area contributed by atoms with Gasteiger partial charge in [-0.15, -0.1) is 21.5 Å². The normalized spacial score (nSPS) is 10.8. The highest BCUT2D eigenvalue weighted by Crippen LogP contribution is 2.30. The highest BCUT2D eigenvalue weighted by molar-refractivity contribution is 7.99. The maximum atomic E-state index is 5.67. The van der Waals surface area contributed by atoms with Crippen molar-refractivity contribution in [3.8, 4) is 16.5 Å². The van der Waals surface area contributed by atoms with Gasteiger partial charge in [0, 0.05) is 5.75 Å². The van der Waals surface area contributed by atoms with E-state index >= 15 is 0 Å². The zero-order valence-electron chi connectivity index (χ0n) is 12.3. The molecule has 22 heavy (non-hydrogen) atoms. The number of aromatic nitrogens is 3. The van der Waals surface area contributed by atoms with E-state index in [1.807, 2.05) is 44.2 Å². The number of hydrogen-bond donors (Lipinski definition) is 0. The lowest BCUT2D eigenvalue weighted by Gasteiger charge is -2.03. The van der Waals surface area contributed by atoms with Crippen molar-refractivity contribution in [2.24, 2.45) is 0 Å². The monoisotopic (exact) mass is 333 g/mol. The third-order valence-electron chi connectivity index (χ3n) is 2.83. The third-order valence-corrected chi connectivity index (χ3v) is 4.67. The summed E-state index contributed by atoms with van der Waals surface area (Å²) in [7, 11) is 0. The highest BCUT2D eigenvalue weighted by Gasteiger charge is 2.14. The van der Waals surface area contributed by atoms with Gasteiger partial charge >= 0.3 is 0 Å². The second-order valence-electron chi connectivity index (χ2n) is 4.53. The van der Waals surface area contributed by atoms with Crippen LogP contribution in [0.2, 0.25) is 0 Å². The molecule has 0 radical (unpaired) electrons. The average molecular weight is 333 g/mol. The van der Waals surface area contributed by atoms with E-state index in [0.29, 0.717) is 17.7 Å². The Hall–Kier alpha value is -1.86. The number of rotatable bonds is 6. The predicted octanol–water partition coefficient (Wildman–Crippen LogP) is 3.98. The molecule has 0 amide bonds. The van der Waals surface area contributed by atoms with Crippen LogP contribution >= 0.6 is 23.1 Å². The fourth-order valence-electron chi connectivity index (χ4n) is 1.89. The van der Waals surface area contributed by atoms with Crippen LogP contribution in [0.1, 0.15) is 10.7 Å². The number of aryl methyl sites for hydroxylation is 2. The van der Waals surface area contributed by atoms with E-state index in [2.05, 4.69) is 15.2 Å². The molecule has 0 atom stereocenters. The molecule has 0 unspecified atom stereocenters. The molecule has 0 spiro atoms. The molecule has 0 aliphatic rings. The van der Waals surface area contributed by atoms with Crippen LogP contribution in [0.3, 0.4) is 0 Å². The molecule has 3 aromatic rings. The molecule has 0 bridgehead atoms. The number of hydrogen-bond acceptors (Lipinski definition) is 7. The first-order valence-corrected chi connectivity index (χ1v) is 8.61. The maximum absolute atomic E-state index is 5.67. The largest absolute Gasteiger partial charge is 0.493 e.